The van der Waals surface area contributed by atoms with E-state index in [4.69, 9.17) is 9.84 Å². The van der Waals surface area contributed by atoms with E-state index < -0.39 is 5.97 Å². The SMILES string of the molecule is CCc1nc(C(=O)O)nn1-c1ccccc1COC. The van der Waals surface area contributed by atoms with Crippen molar-refractivity contribution in [1.29, 1.82) is 0 Å². The third-order valence-electron chi connectivity index (χ3n) is 2.70. The lowest BCUT2D eigenvalue weighted by molar-refractivity contribution is 0.0683. The van der Waals surface area contributed by atoms with Crippen molar-refractivity contribution in [3.8, 4) is 5.69 Å². The highest BCUT2D eigenvalue weighted by molar-refractivity contribution is 5.83. The molecule has 0 aliphatic carbocycles. The Morgan fingerprint density at radius 1 is 1.42 bits per heavy atom. The number of carbonyl (C=O) groups is 1. The highest BCUT2D eigenvalue weighted by Gasteiger charge is 2.16. The molecule has 0 aliphatic heterocycles. The fraction of sp³-hybridized carbons (Fsp3) is 0.308. The van der Waals surface area contributed by atoms with Gasteiger partial charge in [0, 0.05) is 19.1 Å². The lowest BCUT2D eigenvalue weighted by Crippen LogP contribution is -2.06. The molecule has 6 nitrogen and oxygen atoms in total. The van der Waals surface area contributed by atoms with Gasteiger partial charge in [-0.1, -0.05) is 25.1 Å². The van der Waals surface area contributed by atoms with Crippen molar-refractivity contribution in [2.45, 2.75) is 20.0 Å². The summed E-state index contributed by atoms with van der Waals surface area (Å²) in [7, 11) is 1.61. The van der Waals surface area contributed by atoms with E-state index in [2.05, 4.69) is 10.1 Å². The van der Waals surface area contributed by atoms with Crippen molar-refractivity contribution in [2.24, 2.45) is 0 Å². The summed E-state index contributed by atoms with van der Waals surface area (Å²) in [5.41, 5.74) is 1.72. The lowest BCUT2D eigenvalue weighted by Gasteiger charge is -2.09. The number of benzene rings is 1. The molecular weight excluding hydrogens is 246 g/mol. The molecule has 2 rings (SSSR count). The van der Waals surface area contributed by atoms with Gasteiger partial charge in [0.05, 0.1) is 12.3 Å². The molecule has 0 unspecified atom stereocenters. The van der Waals surface area contributed by atoms with Gasteiger partial charge in [0.1, 0.15) is 5.82 Å². The first-order valence-electron chi connectivity index (χ1n) is 5.93. The van der Waals surface area contributed by atoms with Crippen LogP contribution in [0.2, 0.25) is 0 Å². The third kappa shape index (κ3) is 2.63. The van der Waals surface area contributed by atoms with Crippen molar-refractivity contribution in [2.75, 3.05) is 7.11 Å². The van der Waals surface area contributed by atoms with Crippen LogP contribution in [0, 0.1) is 0 Å². The molecule has 2 aromatic rings. The molecule has 6 heteroatoms. The van der Waals surface area contributed by atoms with E-state index in [9.17, 15) is 4.79 Å². The van der Waals surface area contributed by atoms with Crippen LogP contribution in [0.4, 0.5) is 0 Å². The van der Waals surface area contributed by atoms with Crippen molar-refractivity contribution in [3.63, 3.8) is 0 Å². The molecule has 1 aromatic carbocycles. The Morgan fingerprint density at radius 2 is 2.16 bits per heavy atom. The zero-order chi connectivity index (χ0) is 13.8. The number of aryl methyl sites for hydroxylation is 1. The van der Waals surface area contributed by atoms with Crippen LogP contribution in [-0.2, 0) is 17.8 Å². The first-order valence-corrected chi connectivity index (χ1v) is 5.93. The molecule has 0 fully saturated rings. The molecule has 19 heavy (non-hydrogen) atoms. The number of rotatable bonds is 5. The van der Waals surface area contributed by atoms with Crippen LogP contribution < -0.4 is 0 Å². The summed E-state index contributed by atoms with van der Waals surface area (Å²) in [5.74, 6) is -0.706. The first-order chi connectivity index (χ1) is 9.17. The van der Waals surface area contributed by atoms with E-state index in [-0.39, 0.29) is 5.82 Å². The Bertz CT molecular complexity index is 593. The number of carboxylic acids is 1. The Labute approximate surface area is 110 Å². The summed E-state index contributed by atoms with van der Waals surface area (Å²) in [6, 6.07) is 7.56. The molecule has 0 bridgehead atoms. The Kier molecular flexibility index (Phi) is 3.91. The Morgan fingerprint density at radius 3 is 2.79 bits per heavy atom. The fourth-order valence-electron chi connectivity index (χ4n) is 1.85. The van der Waals surface area contributed by atoms with E-state index in [1.807, 2.05) is 31.2 Å². The molecule has 0 amide bonds. The minimum atomic E-state index is -1.13. The number of nitrogens with zero attached hydrogens (tertiary/aromatic N) is 3. The van der Waals surface area contributed by atoms with E-state index in [1.165, 1.54) is 0 Å². The average molecular weight is 261 g/mol. The summed E-state index contributed by atoms with van der Waals surface area (Å²) in [6.07, 6.45) is 0.599. The third-order valence-corrected chi connectivity index (χ3v) is 2.70. The second kappa shape index (κ2) is 5.62. The quantitative estimate of drug-likeness (QED) is 0.886. The van der Waals surface area contributed by atoms with Gasteiger partial charge in [-0.3, -0.25) is 0 Å². The fourth-order valence-corrected chi connectivity index (χ4v) is 1.85. The Hall–Kier alpha value is -2.21. The molecule has 0 saturated heterocycles. The van der Waals surface area contributed by atoms with Crippen LogP contribution in [0.3, 0.4) is 0 Å². The number of methoxy groups -OCH3 is 1. The van der Waals surface area contributed by atoms with Gasteiger partial charge < -0.3 is 9.84 Å². The lowest BCUT2D eigenvalue weighted by atomic mass is 10.2. The number of ether oxygens (including phenoxy) is 1. The number of para-hydroxylation sites is 1. The molecule has 0 spiro atoms. The van der Waals surface area contributed by atoms with E-state index in [1.54, 1.807) is 11.8 Å². The summed E-state index contributed by atoms with van der Waals surface area (Å²) < 4.78 is 6.71. The van der Waals surface area contributed by atoms with Crippen LogP contribution in [0.1, 0.15) is 28.9 Å². The van der Waals surface area contributed by atoms with Crippen molar-refractivity contribution in [3.05, 3.63) is 41.5 Å². The van der Waals surface area contributed by atoms with Crippen LogP contribution in [0.25, 0.3) is 5.69 Å². The smallest absolute Gasteiger partial charge is 0.375 e. The van der Waals surface area contributed by atoms with Gasteiger partial charge in [0.25, 0.3) is 5.82 Å². The second-order valence-corrected chi connectivity index (χ2v) is 3.98. The maximum Gasteiger partial charge on any atom is 0.375 e. The van der Waals surface area contributed by atoms with Gasteiger partial charge in [-0.15, -0.1) is 5.10 Å². The van der Waals surface area contributed by atoms with E-state index in [0.29, 0.717) is 18.9 Å². The van der Waals surface area contributed by atoms with Gasteiger partial charge in [-0.25, -0.2) is 14.5 Å². The number of aromatic carboxylic acids is 1. The van der Waals surface area contributed by atoms with Gasteiger partial charge in [0.15, 0.2) is 0 Å². The molecule has 100 valence electrons. The zero-order valence-corrected chi connectivity index (χ0v) is 10.8. The van der Waals surface area contributed by atoms with Crippen molar-refractivity contribution in [1.82, 2.24) is 14.8 Å². The van der Waals surface area contributed by atoms with Gasteiger partial charge >= 0.3 is 5.97 Å². The highest BCUT2D eigenvalue weighted by Crippen LogP contribution is 2.17. The van der Waals surface area contributed by atoms with Gasteiger partial charge in [-0.05, 0) is 6.07 Å². The molecule has 0 aliphatic rings. The molecular formula is C13H15N3O3. The molecule has 1 N–H and O–H groups in total. The van der Waals surface area contributed by atoms with Gasteiger partial charge in [0.2, 0.25) is 0 Å². The standard InChI is InChI=1S/C13H15N3O3/c1-3-11-14-12(13(17)18)15-16(11)10-7-5-4-6-9(10)8-19-2/h4-7H,3,8H2,1-2H3,(H,17,18). The van der Waals surface area contributed by atoms with Crippen LogP contribution in [0.15, 0.2) is 24.3 Å². The molecule has 1 aromatic heterocycles. The Balaban J connectivity index is 2.54. The average Bonchev–Trinajstić information content (AvgIpc) is 2.84. The monoisotopic (exact) mass is 261 g/mol. The van der Waals surface area contributed by atoms with E-state index >= 15 is 0 Å². The largest absolute Gasteiger partial charge is 0.475 e. The van der Waals surface area contributed by atoms with Crippen LogP contribution >= 0.6 is 0 Å². The molecule has 1 heterocycles. The molecule has 0 saturated carbocycles. The second-order valence-electron chi connectivity index (χ2n) is 3.98. The molecule has 0 radical (unpaired) electrons. The number of hydrogen-bond donors (Lipinski definition) is 1. The predicted octanol–water partition coefficient (Wildman–Crippen LogP) is 1.67. The minimum absolute atomic E-state index is 0.191. The molecule has 0 atom stereocenters. The summed E-state index contributed by atoms with van der Waals surface area (Å²) >= 11 is 0. The van der Waals surface area contributed by atoms with Crippen molar-refractivity contribution < 1.29 is 14.6 Å². The maximum absolute atomic E-state index is 11.0. The normalized spacial score (nSPS) is 10.6. The highest BCUT2D eigenvalue weighted by atomic mass is 16.5. The number of hydrogen-bond acceptors (Lipinski definition) is 4. The van der Waals surface area contributed by atoms with E-state index in [0.717, 1.165) is 11.3 Å². The van der Waals surface area contributed by atoms with Crippen LogP contribution in [0.5, 0.6) is 0 Å². The minimum Gasteiger partial charge on any atom is -0.475 e. The number of carboxylic acid groups (broad SMARTS) is 1. The zero-order valence-electron chi connectivity index (χ0n) is 10.8. The van der Waals surface area contributed by atoms with Crippen molar-refractivity contribution >= 4 is 5.97 Å². The summed E-state index contributed by atoms with van der Waals surface area (Å²) in [6.45, 7) is 2.34. The van der Waals surface area contributed by atoms with Gasteiger partial charge in [-0.2, -0.15) is 0 Å². The predicted molar refractivity (Wildman–Crippen MR) is 68.4 cm³/mol. The summed E-state index contributed by atoms with van der Waals surface area (Å²) in [5, 5.41) is 13.0. The number of aromatic nitrogens is 3. The first kappa shape index (κ1) is 13.2. The topological polar surface area (TPSA) is 77.2 Å². The summed E-state index contributed by atoms with van der Waals surface area (Å²) in [4.78, 5) is 15.0. The van der Waals surface area contributed by atoms with Crippen LogP contribution in [-0.4, -0.2) is 33.0 Å². The maximum atomic E-state index is 11.0.